The highest BCUT2D eigenvalue weighted by Gasteiger charge is 2.27. The maximum Gasteiger partial charge on any atom is 0.265 e. The van der Waals surface area contributed by atoms with Crippen molar-refractivity contribution in [2.24, 2.45) is 0 Å². The largest absolute Gasteiger partial charge is 0.479 e. The van der Waals surface area contributed by atoms with Crippen molar-refractivity contribution in [3.8, 4) is 5.75 Å². The Balaban J connectivity index is 2.42. The van der Waals surface area contributed by atoms with E-state index in [9.17, 15) is 13.2 Å². The van der Waals surface area contributed by atoms with E-state index in [4.69, 9.17) is 4.74 Å². The molecular weight excluding hydrogens is 280 g/mol. The third kappa shape index (κ3) is 2.51. The van der Waals surface area contributed by atoms with Gasteiger partial charge in [0.2, 0.25) is 10.0 Å². The van der Waals surface area contributed by atoms with Crippen molar-refractivity contribution in [1.82, 2.24) is 4.31 Å². The van der Waals surface area contributed by atoms with Gasteiger partial charge in [-0.15, -0.1) is 0 Å². The van der Waals surface area contributed by atoms with Gasteiger partial charge < -0.3 is 10.1 Å². The van der Waals surface area contributed by atoms with Crippen molar-refractivity contribution < 1.29 is 17.9 Å². The maximum absolute atomic E-state index is 12.4. The average molecular weight is 298 g/mol. The van der Waals surface area contributed by atoms with Crippen molar-refractivity contribution in [2.75, 3.05) is 18.4 Å². The Bertz CT molecular complexity index is 623. The molecule has 6 nitrogen and oxygen atoms in total. The van der Waals surface area contributed by atoms with Gasteiger partial charge >= 0.3 is 0 Å². The van der Waals surface area contributed by atoms with Gasteiger partial charge in [0.1, 0.15) is 5.75 Å². The summed E-state index contributed by atoms with van der Waals surface area (Å²) in [4.78, 5) is 11.6. The van der Waals surface area contributed by atoms with Gasteiger partial charge in [0, 0.05) is 19.2 Å². The minimum Gasteiger partial charge on any atom is -0.479 e. The van der Waals surface area contributed by atoms with Crippen LogP contribution in [0.2, 0.25) is 0 Å². The molecule has 1 N–H and O–H groups in total. The molecule has 0 fully saturated rings. The van der Waals surface area contributed by atoms with E-state index < -0.39 is 16.1 Å². The van der Waals surface area contributed by atoms with Crippen LogP contribution in [0.4, 0.5) is 5.69 Å². The van der Waals surface area contributed by atoms with Gasteiger partial charge in [0.05, 0.1) is 10.6 Å². The lowest BCUT2D eigenvalue weighted by Crippen LogP contribution is -2.35. The highest BCUT2D eigenvalue weighted by atomic mass is 32.2. The Hall–Kier alpha value is -1.60. The molecule has 1 aliphatic heterocycles. The molecule has 1 aliphatic rings. The normalized spacial score (nSPS) is 18.4. The predicted molar refractivity (Wildman–Crippen MR) is 75.3 cm³/mol. The summed E-state index contributed by atoms with van der Waals surface area (Å²) in [6.07, 6.45) is -0.631. The summed E-state index contributed by atoms with van der Waals surface area (Å²) in [5.41, 5.74) is 0.492. The zero-order chi connectivity index (χ0) is 14.9. The fraction of sp³-hybridized carbons (Fsp3) is 0.462. The summed E-state index contributed by atoms with van der Waals surface area (Å²) in [5.74, 6) is 0.141. The second-order valence-electron chi connectivity index (χ2n) is 4.50. The molecule has 1 amide bonds. The van der Waals surface area contributed by atoms with Crippen LogP contribution in [0.5, 0.6) is 5.75 Å². The van der Waals surface area contributed by atoms with Crippen molar-refractivity contribution in [1.29, 1.82) is 0 Å². The van der Waals surface area contributed by atoms with E-state index >= 15 is 0 Å². The molecule has 1 aromatic rings. The van der Waals surface area contributed by atoms with E-state index in [2.05, 4.69) is 5.32 Å². The van der Waals surface area contributed by atoms with Gasteiger partial charge in [0.15, 0.2) is 6.10 Å². The van der Waals surface area contributed by atoms with E-state index in [0.29, 0.717) is 24.5 Å². The topological polar surface area (TPSA) is 75.7 Å². The smallest absolute Gasteiger partial charge is 0.265 e. The quantitative estimate of drug-likeness (QED) is 0.912. The highest BCUT2D eigenvalue weighted by Crippen LogP contribution is 2.32. The van der Waals surface area contributed by atoms with E-state index in [1.165, 1.54) is 16.4 Å². The van der Waals surface area contributed by atoms with Crippen LogP contribution in [0.15, 0.2) is 23.1 Å². The molecule has 1 unspecified atom stereocenters. The number of anilines is 1. The number of amides is 1. The van der Waals surface area contributed by atoms with Gasteiger partial charge in [-0.1, -0.05) is 13.8 Å². The molecule has 0 aliphatic carbocycles. The zero-order valence-electron chi connectivity index (χ0n) is 11.7. The number of fused-ring (bicyclic) bond motifs is 1. The lowest BCUT2D eigenvalue weighted by molar-refractivity contribution is -0.122. The third-order valence-electron chi connectivity index (χ3n) is 3.23. The average Bonchev–Trinajstić information content (AvgIpc) is 2.40. The number of sulfonamides is 1. The Kier molecular flexibility index (Phi) is 4.01. The molecule has 1 atom stereocenters. The van der Waals surface area contributed by atoms with Gasteiger partial charge in [-0.05, 0) is 19.1 Å². The van der Waals surface area contributed by atoms with Gasteiger partial charge in [-0.3, -0.25) is 4.79 Å². The first-order chi connectivity index (χ1) is 9.40. The van der Waals surface area contributed by atoms with Crippen LogP contribution in [0, 0.1) is 0 Å². The highest BCUT2D eigenvalue weighted by molar-refractivity contribution is 7.89. The van der Waals surface area contributed by atoms with Crippen LogP contribution in [0.3, 0.4) is 0 Å². The Labute approximate surface area is 118 Å². The number of hydrogen-bond donors (Lipinski definition) is 1. The lowest BCUT2D eigenvalue weighted by Gasteiger charge is -2.24. The number of nitrogens with one attached hydrogen (secondary N) is 1. The molecule has 0 spiro atoms. The van der Waals surface area contributed by atoms with Crippen LogP contribution in [0.1, 0.15) is 20.8 Å². The number of benzene rings is 1. The second kappa shape index (κ2) is 5.41. The Morgan fingerprint density at radius 2 is 1.95 bits per heavy atom. The lowest BCUT2D eigenvalue weighted by atomic mass is 10.2. The number of rotatable bonds is 4. The molecule has 0 aromatic heterocycles. The molecule has 2 rings (SSSR count). The third-order valence-corrected chi connectivity index (χ3v) is 5.27. The van der Waals surface area contributed by atoms with Crippen LogP contribution >= 0.6 is 0 Å². The molecular formula is C13H18N2O4S. The summed E-state index contributed by atoms with van der Waals surface area (Å²) in [5, 5.41) is 2.67. The van der Waals surface area contributed by atoms with Crippen LogP contribution in [-0.4, -0.2) is 37.8 Å². The van der Waals surface area contributed by atoms with Crippen LogP contribution < -0.4 is 10.1 Å². The first-order valence-electron chi connectivity index (χ1n) is 6.51. The standard InChI is InChI=1S/C13H18N2O4S/c1-4-15(5-2)20(17,18)10-6-7-11-12(8-10)19-9(3)13(16)14-11/h6-9H,4-5H2,1-3H3,(H,14,16). The summed E-state index contributed by atoms with van der Waals surface area (Å²) < 4.78 is 31.6. The zero-order valence-corrected chi connectivity index (χ0v) is 12.5. The van der Waals surface area contributed by atoms with Gasteiger partial charge in [-0.2, -0.15) is 4.31 Å². The first-order valence-corrected chi connectivity index (χ1v) is 7.95. The number of carbonyl (C=O) groups is 1. The monoisotopic (exact) mass is 298 g/mol. The van der Waals surface area contributed by atoms with Gasteiger partial charge in [0.25, 0.3) is 5.91 Å². The summed E-state index contributed by atoms with van der Waals surface area (Å²) in [7, 11) is -3.53. The number of hydrogen-bond acceptors (Lipinski definition) is 4. The Morgan fingerprint density at radius 3 is 2.55 bits per heavy atom. The minimum absolute atomic E-state index is 0.170. The molecule has 1 heterocycles. The molecule has 110 valence electrons. The molecule has 0 bridgehead atoms. The minimum atomic E-state index is -3.53. The molecule has 0 saturated carbocycles. The van der Waals surface area contributed by atoms with Crippen molar-refractivity contribution in [3.05, 3.63) is 18.2 Å². The van der Waals surface area contributed by atoms with E-state index in [1.807, 2.05) is 0 Å². The van der Waals surface area contributed by atoms with E-state index in [1.54, 1.807) is 26.8 Å². The molecule has 20 heavy (non-hydrogen) atoms. The molecule has 1 aromatic carbocycles. The predicted octanol–water partition coefficient (Wildman–Crippen LogP) is 1.44. The number of carbonyl (C=O) groups excluding carboxylic acids is 1. The van der Waals surface area contributed by atoms with Gasteiger partial charge in [-0.25, -0.2) is 8.42 Å². The molecule has 7 heteroatoms. The van der Waals surface area contributed by atoms with Crippen molar-refractivity contribution in [2.45, 2.75) is 31.8 Å². The van der Waals surface area contributed by atoms with Crippen molar-refractivity contribution >= 4 is 21.6 Å². The van der Waals surface area contributed by atoms with Crippen molar-refractivity contribution in [3.63, 3.8) is 0 Å². The van der Waals surface area contributed by atoms with Crippen LogP contribution in [-0.2, 0) is 14.8 Å². The fourth-order valence-corrected chi connectivity index (χ4v) is 3.53. The number of nitrogens with zero attached hydrogens (tertiary/aromatic N) is 1. The summed E-state index contributed by atoms with van der Waals surface area (Å²) in [6.45, 7) is 6.01. The molecule has 0 radical (unpaired) electrons. The SMILES string of the molecule is CCN(CC)S(=O)(=O)c1ccc2c(c1)OC(C)C(=O)N2. The fourth-order valence-electron chi connectivity index (χ4n) is 2.05. The summed E-state index contributed by atoms with van der Waals surface area (Å²) >= 11 is 0. The first kappa shape index (κ1) is 14.8. The second-order valence-corrected chi connectivity index (χ2v) is 6.43. The van der Waals surface area contributed by atoms with E-state index in [0.717, 1.165) is 0 Å². The molecule has 0 saturated heterocycles. The Morgan fingerprint density at radius 1 is 1.30 bits per heavy atom. The van der Waals surface area contributed by atoms with E-state index in [-0.39, 0.29) is 10.8 Å². The summed E-state index contributed by atoms with van der Waals surface area (Å²) in [6, 6.07) is 4.49. The maximum atomic E-state index is 12.4. The number of ether oxygens (including phenoxy) is 1. The van der Waals surface area contributed by atoms with Crippen LogP contribution in [0.25, 0.3) is 0 Å².